The lowest BCUT2D eigenvalue weighted by Crippen LogP contribution is -2.08. The summed E-state index contributed by atoms with van der Waals surface area (Å²) in [6, 6.07) is 3.59. The summed E-state index contributed by atoms with van der Waals surface area (Å²) in [5, 5.41) is 7.83. The third-order valence-electron chi connectivity index (χ3n) is 2.28. The van der Waals surface area contributed by atoms with Gasteiger partial charge in [0.25, 0.3) is 0 Å². The smallest absolute Gasteiger partial charge is 0.144 e. The van der Waals surface area contributed by atoms with E-state index in [0.29, 0.717) is 16.5 Å². The second-order valence-corrected chi connectivity index (χ2v) is 4.06. The lowest BCUT2D eigenvalue weighted by molar-refractivity contribution is 0.591. The van der Waals surface area contributed by atoms with Gasteiger partial charge in [-0.25, -0.2) is 4.98 Å². The fourth-order valence-electron chi connectivity index (χ4n) is 1.46. The van der Waals surface area contributed by atoms with Gasteiger partial charge in [0, 0.05) is 25.5 Å². The zero-order valence-electron chi connectivity index (χ0n) is 9.31. The van der Waals surface area contributed by atoms with Crippen molar-refractivity contribution >= 4 is 23.1 Å². The van der Waals surface area contributed by atoms with Gasteiger partial charge < -0.3 is 11.1 Å². The Hall–Kier alpha value is -1.75. The number of hydrogen-bond acceptors (Lipinski definition) is 4. The molecule has 3 N–H and O–H groups in total. The number of rotatable bonds is 5. The van der Waals surface area contributed by atoms with Gasteiger partial charge >= 0.3 is 0 Å². The van der Waals surface area contributed by atoms with Crippen LogP contribution in [0.4, 0.5) is 11.5 Å². The molecule has 0 spiro atoms. The average Bonchev–Trinajstić information content (AvgIpc) is 2.79. The number of halogens is 1. The molecule has 0 unspecified atom stereocenters. The van der Waals surface area contributed by atoms with Gasteiger partial charge in [-0.05, 0) is 18.6 Å². The van der Waals surface area contributed by atoms with Crippen molar-refractivity contribution < 1.29 is 0 Å². The molecular formula is C11H14ClN5. The van der Waals surface area contributed by atoms with Crippen LogP contribution in [0.3, 0.4) is 0 Å². The van der Waals surface area contributed by atoms with E-state index in [1.807, 2.05) is 16.9 Å². The molecule has 0 fully saturated rings. The van der Waals surface area contributed by atoms with Crippen LogP contribution in [0.1, 0.15) is 6.42 Å². The third kappa shape index (κ3) is 3.35. The molecule has 2 aromatic heterocycles. The minimum absolute atomic E-state index is 0.545. The van der Waals surface area contributed by atoms with E-state index in [0.717, 1.165) is 19.5 Å². The van der Waals surface area contributed by atoms with Crippen LogP contribution in [-0.4, -0.2) is 21.3 Å². The monoisotopic (exact) mass is 251 g/mol. The van der Waals surface area contributed by atoms with Gasteiger partial charge in [-0.1, -0.05) is 11.6 Å². The van der Waals surface area contributed by atoms with Gasteiger partial charge in [0.05, 0.1) is 16.9 Å². The van der Waals surface area contributed by atoms with Crippen molar-refractivity contribution in [3.8, 4) is 0 Å². The Kier molecular flexibility index (Phi) is 3.82. The molecule has 2 rings (SSSR count). The number of nitrogens with zero attached hydrogens (tertiary/aromatic N) is 3. The summed E-state index contributed by atoms with van der Waals surface area (Å²) in [5.74, 6) is 0.668. The highest BCUT2D eigenvalue weighted by Gasteiger charge is 2.01. The zero-order chi connectivity index (χ0) is 12.1. The van der Waals surface area contributed by atoms with Crippen molar-refractivity contribution in [2.45, 2.75) is 13.0 Å². The van der Waals surface area contributed by atoms with Crippen LogP contribution in [-0.2, 0) is 6.54 Å². The van der Waals surface area contributed by atoms with E-state index in [4.69, 9.17) is 17.3 Å². The van der Waals surface area contributed by atoms with Gasteiger partial charge in [-0.15, -0.1) is 0 Å². The molecule has 0 saturated heterocycles. The molecule has 0 radical (unpaired) electrons. The van der Waals surface area contributed by atoms with Crippen LogP contribution in [0.5, 0.6) is 0 Å². The molecule has 0 aliphatic rings. The molecule has 5 nitrogen and oxygen atoms in total. The van der Waals surface area contributed by atoms with Gasteiger partial charge in [-0.2, -0.15) is 5.10 Å². The van der Waals surface area contributed by atoms with Crippen molar-refractivity contribution in [1.82, 2.24) is 14.8 Å². The van der Waals surface area contributed by atoms with Crippen molar-refractivity contribution in [3.05, 3.63) is 35.7 Å². The second kappa shape index (κ2) is 5.54. The maximum absolute atomic E-state index is 5.99. The third-order valence-corrected chi connectivity index (χ3v) is 2.57. The Morgan fingerprint density at radius 3 is 3.06 bits per heavy atom. The highest BCUT2D eigenvalue weighted by Crippen LogP contribution is 2.20. The zero-order valence-corrected chi connectivity index (χ0v) is 10.1. The topological polar surface area (TPSA) is 68.8 Å². The highest BCUT2D eigenvalue weighted by molar-refractivity contribution is 6.33. The molecule has 0 atom stereocenters. The van der Waals surface area contributed by atoms with E-state index >= 15 is 0 Å². The molecule has 0 aliphatic heterocycles. The molecule has 0 bridgehead atoms. The van der Waals surface area contributed by atoms with Crippen molar-refractivity contribution in [1.29, 1.82) is 0 Å². The fraction of sp³-hybridized carbons (Fsp3) is 0.273. The van der Waals surface area contributed by atoms with Crippen LogP contribution in [0, 0.1) is 0 Å². The second-order valence-electron chi connectivity index (χ2n) is 3.65. The minimum atomic E-state index is 0.545. The SMILES string of the molecule is Nc1cnc(NCCCn2cccn2)c(Cl)c1. The molecule has 0 aliphatic carbocycles. The Balaban J connectivity index is 1.78. The first-order valence-electron chi connectivity index (χ1n) is 5.38. The quantitative estimate of drug-likeness (QED) is 0.798. The number of nitrogens with one attached hydrogen (secondary N) is 1. The number of aromatic nitrogens is 3. The Labute approximate surface area is 105 Å². The van der Waals surface area contributed by atoms with E-state index in [1.165, 1.54) is 0 Å². The number of anilines is 2. The summed E-state index contributed by atoms with van der Waals surface area (Å²) in [7, 11) is 0. The largest absolute Gasteiger partial charge is 0.397 e. The van der Waals surface area contributed by atoms with Gasteiger partial charge in [0.15, 0.2) is 0 Å². The summed E-state index contributed by atoms with van der Waals surface area (Å²) in [6.07, 6.45) is 6.24. The number of aryl methyl sites for hydroxylation is 1. The van der Waals surface area contributed by atoms with Crippen molar-refractivity contribution in [2.75, 3.05) is 17.6 Å². The standard InChI is InChI=1S/C11H14ClN5/c12-10-7-9(13)8-15-11(10)14-3-1-5-17-6-2-4-16-17/h2,4,6-8H,1,3,5,13H2,(H,14,15). The first kappa shape index (κ1) is 11.7. The summed E-state index contributed by atoms with van der Waals surface area (Å²) < 4.78 is 1.89. The van der Waals surface area contributed by atoms with Crippen LogP contribution < -0.4 is 11.1 Å². The van der Waals surface area contributed by atoms with E-state index in [1.54, 1.807) is 18.5 Å². The molecule has 2 aromatic rings. The molecule has 0 saturated carbocycles. The predicted molar refractivity (Wildman–Crippen MR) is 69.0 cm³/mol. The maximum Gasteiger partial charge on any atom is 0.144 e. The van der Waals surface area contributed by atoms with Crippen LogP contribution in [0.25, 0.3) is 0 Å². The molecule has 90 valence electrons. The molecule has 17 heavy (non-hydrogen) atoms. The summed E-state index contributed by atoms with van der Waals surface area (Å²) in [6.45, 7) is 1.66. The Morgan fingerprint density at radius 2 is 2.35 bits per heavy atom. The van der Waals surface area contributed by atoms with Gasteiger partial charge in [0.2, 0.25) is 0 Å². The summed E-state index contributed by atoms with van der Waals surface area (Å²) in [4.78, 5) is 4.12. The van der Waals surface area contributed by atoms with E-state index < -0.39 is 0 Å². The summed E-state index contributed by atoms with van der Waals surface area (Å²) >= 11 is 5.99. The molecule has 0 amide bonds. The normalized spacial score (nSPS) is 10.4. The van der Waals surface area contributed by atoms with Gasteiger partial charge in [0.1, 0.15) is 5.82 Å². The van der Waals surface area contributed by atoms with E-state index in [9.17, 15) is 0 Å². The molecule has 2 heterocycles. The molecule has 6 heteroatoms. The minimum Gasteiger partial charge on any atom is -0.397 e. The Morgan fingerprint density at radius 1 is 1.47 bits per heavy atom. The van der Waals surface area contributed by atoms with Crippen molar-refractivity contribution in [3.63, 3.8) is 0 Å². The first-order valence-corrected chi connectivity index (χ1v) is 5.76. The lowest BCUT2D eigenvalue weighted by Gasteiger charge is -2.07. The van der Waals surface area contributed by atoms with Crippen LogP contribution >= 0.6 is 11.6 Å². The van der Waals surface area contributed by atoms with E-state index in [2.05, 4.69) is 15.4 Å². The number of nitrogen functional groups attached to an aromatic ring is 1. The molecule has 0 aromatic carbocycles. The van der Waals surface area contributed by atoms with E-state index in [-0.39, 0.29) is 0 Å². The van der Waals surface area contributed by atoms with Crippen LogP contribution in [0.2, 0.25) is 5.02 Å². The Bertz CT molecular complexity index is 469. The summed E-state index contributed by atoms with van der Waals surface area (Å²) in [5.41, 5.74) is 6.13. The van der Waals surface area contributed by atoms with Gasteiger partial charge in [-0.3, -0.25) is 4.68 Å². The first-order chi connectivity index (χ1) is 8.25. The number of nitrogens with two attached hydrogens (primary N) is 1. The number of pyridine rings is 1. The maximum atomic E-state index is 5.99. The van der Waals surface area contributed by atoms with Crippen molar-refractivity contribution in [2.24, 2.45) is 0 Å². The lowest BCUT2D eigenvalue weighted by atomic mass is 10.4. The average molecular weight is 252 g/mol. The fourth-order valence-corrected chi connectivity index (χ4v) is 1.70. The predicted octanol–water partition coefficient (Wildman–Crippen LogP) is 2.02. The highest BCUT2D eigenvalue weighted by atomic mass is 35.5. The molecular weight excluding hydrogens is 238 g/mol. The number of hydrogen-bond donors (Lipinski definition) is 2. The van der Waals surface area contributed by atoms with Crippen LogP contribution in [0.15, 0.2) is 30.7 Å².